The number of carbonyl (C=O) groups excluding carboxylic acids is 3. The molecular formula is C32H38N8O3. The van der Waals surface area contributed by atoms with E-state index >= 15 is 0 Å². The third-order valence-electron chi connectivity index (χ3n) is 8.86. The van der Waals surface area contributed by atoms with E-state index in [1.165, 1.54) is 4.80 Å². The van der Waals surface area contributed by atoms with Crippen molar-refractivity contribution in [2.24, 2.45) is 13.0 Å². The van der Waals surface area contributed by atoms with Crippen molar-refractivity contribution in [1.82, 2.24) is 35.7 Å². The van der Waals surface area contributed by atoms with Gasteiger partial charge in [-0.2, -0.15) is 4.80 Å². The van der Waals surface area contributed by atoms with Crippen LogP contribution in [-0.2, 0) is 30.1 Å². The Balaban J connectivity index is 1.62. The molecule has 224 valence electrons. The maximum absolute atomic E-state index is 13.1. The summed E-state index contributed by atoms with van der Waals surface area (Å²) in [6.45, 7) is 10.2. The van der Waals surface area contributed by atoms with Crippen molar-refractivity contribution < 1.29 is 14.4 Å². The Hall–Kier alpha value is -4.59. The summed E-state index contributed by atoms with van der Waals surface area (Å²) in [5.41, 5.74) is 4.29. The number of aromatic nitrogens is 4. The standard InChI is InChI=1S/C32H38N8O3/c1-20(8-15-28(41)40-16-6-7-27(40)33-2)19-32(31-36-38-39(5)37-31)25-13-11-23(29(42)34-3)17-21(25)9-10-22-18-24(30(43)35-4)12-14-26(22)32/h11-14,17-18,20,27H,6-10,15-16,19H2,1,3-5H3,(H,34,42)(H,35,43)/t20-,27+/m1/s1. The third-order valence-corrected chi connectivity index (χ3v) is 8.86. The molecule has 2 aliphatic rings. The van der Waals surface area contributed by atoms with Gasteiger partial charge >= 0.3 is 6.17 Å². The Bertz CT molecular complexity index is 1520. The molecule has 2 aromatic carbocycles. The van der Waals surface area contributed by atoms with Gasteiger partial charge in [-0.1, -0.05) is 19.1 Å². The highest BCUT2D eigenvalue weighted by atomic mass is 16.2. The minimum Gasteiger partial charge on any atom is -0.355 e. The maximum Gasteiger partial charge on any atom is 0.300 e. The number of amides is 3. The zero-order chi connectivity index (χ0) is 30.7. The minimum atomic E-state index is -0.840. The van der Waals surface area contributed by atoms with E-state index in [4.69, 9.17) is 11.7 Å². The smallest absolute Gasteiger partial charge is 0.300 e. The summed E-state index contributed by atoms with van der Waals surface area (Å²) in [6, 6.07) is 11.5. The van der Waals surface area contributed by atoms with E-state index in [1.807, 2.05) is 36.4 Å². The van der Waals surface area contributed by atoms with E-state index in [0.717, 1.165) is 35.1 Å². The summed E-state index contributed by atoms with van der Waals surface area (Å²) in [5.74, 6) is 0.273. The predicted molar refractivity (Wildman–Crippen MR) is 160 cm³/mol. The Morgan fingerprint density at radius 1 is 1.05 bits per heavy atom. The van der Waals surface area contributed by atoms with Gasteiger partial charge in [0.25, 0.3) is 11.8 Å². The normalized spacial score (nSPS) is 17.7. The number of likely N-dealkylation sites (tertiary alicyclic amines) is 1. The summed E-state index contributed by atoms with van der Waals surface area (Å²) in [6.07, 6.45) is 4.11. The zero-order valence-electron chi connectivity index (χ0n) is 25.2. The van der Waals surface area contributed by atoms with Crippen molar-refractivity contribution in [3.8, 4) is 0 Å². The van der Waals surface area contributed by atoms with Crippen LogP contribution in [0.25, 0.3) is 4.85 Å². The number of fused-ring (bicyclic) bond motifs is 2. The van der Waals surface area contributed by atoms with Gasteiger partial charge in [-0.15, -0.1) is 10.2 Å². The number of tetrazole rings is 1. The molecule has 3 amide bonds. The molecule has 1 aliphatic carbocycles. The molecule has 0 radical (unpaired) electrons. The van der Waals surface area contributed by atoms with Crippen molar-refractivity contribution in [3.63, 3.8) is 0 Å². The summed E-state index contributed by atoms with van der Waals surface area (Å²) in [7, 11) is 4.96. The number of benzene rings is 2. The minimum absolute atomic E-state index is 0.0177. The SMILES string of the molecule is [C-]#[N+][C@@H]1CCCN1C(=O)CC[C@@H](C)CC1(c2nnn(C)n2)c2ccc(C(=O)NC)cc2CCc2cc(C(=O)NC)ccc21. The molecule has 11 heteroatoms. The second kappa shape index (κ2) is 12.3. The molecule has 2 heterocycles. The quantitative estimate of drug-likeness (QED) is 0.393. The van der Waals surface area contributed by atoms with Crippen LogP contribution in [0.2, 0.25) is 0 Å². The molecule has 11 nitrogen and oxygen atoms in total. The van der Waals surface area contributed by atoms with Gasteiger partial charge in [-0.3, -0.25) is 24.1 Å². The molecule has 1 aromatic heterocycles. The zero-order valence-corrected chi connectivity index (χ0v) is 25.2. The molecule has 2 N–H and O–H groups in total. The topological polar surface area (TPSA) is 126 Å². The number of carbonyl (C=O) groups is 3. The van der Waals surface area contributed by atoms with Crippen molar-refractivity contribution >= 4 is 17.7 Å². The van der Waals surface area contributed by atoms with Gasteiger partial charge in [0, 0.05) is 44.6 Å². The summed E-state index contributed by atoms with van der Waals surface area (Å²) >= 11 is 0. The van der Waals surface area contributed by atoms with Crippen LogP contribution in [0.1, 0.15) is 87.8 Å². The number of hydrogen-bond donors (Lipinski definition) is 2. The lowest BCUT2D eigenvalue weighted by Gasteiger charge is -2.36. The number of nitrogens with one attached hydrogen (secondary N) is 2. The van der Waals surface area contributed by atoms with E-state index in [-0.39, 0.29) is 29.8 Å². The fourth-order valence-electron chi connectivity index (χ4n) is 6.74. The molecule has 0 bridgehead atoms. The Labute approximate surface area is 251 Å². The lowest BCUT2D eigenvalue weighted by Crippen LogP contribution is -2.36. The van der Waals surface area contributed by atoms with E-state index in [1.54, 1.807) is 26.0 Å². The first-order chi connectivity index (χ1) is 20.7. The summed E-state index contributed by atoms with van der Waals surface area (Å²) in [5, 5.41) is 19.0. The van der Waals surface area contributed by atoms with Crippen LogP contribution < -0.4 is 10.6 Å². The Kier molecular flexibility index (Phi) is 8.57. The highest BCUT2D eigenvalue weighted by Crippen LogP contribution is 2.48. The molecule has 3 aromatic rings. The van der Waals surface area contributed by atoms with Crippen LogP contribution in [0.5, 0.6) is 0 Å². The van der Waals surface area contributed by atoms with Crippen LogP contribution in [0.15, 0.2) is 36.4 Å². The van der Waals surface area contributed by atoms with Gasteiger partial charge in [0.15, 0.2) is 5.82 Å². The highest BCUT2D eigenvalue weighted by Gasteiger charge is 2.46. The van der Waals surface area contributed by atoms with Crippen LogP contribution in [0.3, 0.4) is 0 Å². The van der Waals surface area contributed by atoms with Crippen LogP contribution in [0, 0.1) is 12.5 Å². The molecule has 0 saturated carbocycles. The van der Waals surface area contributed by atoms with E-state index in [2.05, 4.69) is 32.7 Å². The number of hydrogen-bond acceptors (Lipinski definition) is 6. The van der Waals surface area contributed by atoms with Gasteiger partial charge in [-0.25, -0.2) is 6.57 Å². The van der Waals surface area contributed by atoms with Crippen molar-refractivity contribution in [2.45, 2.75) is 63.5 Å². The molecule has 1 aliphatic heterocycles. The van der Waals surface area contributed by atoms with Gasteiger partial charge < -0.3 is 10.6 Å². The summed E-state index contributed by atoms with van der Waals surface area (Å²) in [4.78, 5) is 45.2. The first kappa shape index (κ1) is 29.9. The van der Waals surface area contributed by atoms with E-state index in [0.29, 0.717) is 55.6 Å². The van der Waals surface area contributed by atoms with Gasteiger partial charge in [0.1, 0.15) is 0 Å². The van der Waals surface area contributed by atoms with E-state index < -0.39 is 5.41 Å². The van der Waals surface area contributed by atoms with E-state index in [9.17, 15) is 14.4 Å². The fraction of sp³-hybridized carbons (Fsp3) is 0.469. The van der Waals surface area contributed by atoms with Gasteiger partial charge in [-0.05, 0) is 89.8 Å². The Morgan fingerprint density at radius 2 is 1.65 bits per heavy atom. The molecule has 5 rings (SSSR count). The molecule has 0 unspecified atom stereocenters. The average molecular weight is 583 g/mol. The molecule has 2 atom stereocenters. The second-order valence-electron chi connectivity index (χ2n) is 11.6. The predicted octanol–water partition coefficient (Wildman–Crippen LogP) is 3.04. The van der Waals surface area contributed by atoms with Gasteiger partial charge in [0.2, 0.25) is 5.91 Å². The molecule has 0 spiro atoms. The lowest BCUT2D eigenvalue weighted by atomic mass is 9.66. The second-order valence-corrected chi connectivity index (χ2v) is 11.6. The molecule has 43 heavy (non-hydrogen) atoms. The monoisotopic (exact) mass is 582 g/mol. The summed E-state index contributed by atoms with van der Waals surface area (Å²) < 4.78 is 0. The largest absolute Gasteiger partial charge is 0.355 e. The Morgan fingerprint density at radius 3 is 2.16 bits per heavy atom. The van der Waals surface area contributed by atoms with Crippen molar-refractivity contribution in [2.75, 3.05) is 20.6 Å². The van der Waals surface area contributed by atoms with Crippen LogP contribution in [-0.4, -0.2) is 69.6 Å². The van der Waals surface area contributed by atoms with Crippen LogP contribution in [0.4, 0.5) is 0 Å². The number of aryl methyl sites for hydroxylation is 3. The van der Waals surface area contributed by atoms with Crippen molar-refractivity contribution in [3.05, 3.63) is 87.0 Å². The highest BCUT2D eigenvalue weighted by molar-refractivity contribution is 5.95. The molecule has 1 fully saturated rings. The average Bonchev–Trinajstić information content (AvgIpc) is 3.67. The fourth-order valence-corrected chi connectivity index (χ4v) is 6.74. The number of rotatable bonds is 8. The van der Waals surface area contributed by atoms with Crippen molar-refractivity contribution in [1.29, 1.82) is 0 Å². The lowest BCUT2D eigenvalue weighted by molar-refractivity contribution is -0.131. The third kappa shape index (κ3) is 5.61. The first-order valence-corrected chi connectivity index (χ1v) is 14.8. The van der Waals surface area contributed by atoms with Crippen LogP contribution >= 0.6 is 0 Å². The molecular weight excluding hydrogens is 544 g/mol. The van der Waals surface area contributed by atoms with Gasteiger partial charge in [0.05, 0.1) is 12.5 Å². The molecule has 1 saturated heterocycles. The maximum atomic E-state index is 13.1. The number of nitrogens with zero attached hydrogens (tertiary/aromatic N) is 6. The first-order valence-electron chi connectivity index (χ1n) is 14.8.